The number of halogens is 3. The van der Waals surface area contributed by atoms with Gasteiger partial charge in [0.25, 0.3) is 0 Å². The molecule has 0 saturated heterocycles. The standard InChI is InChI=1S/C16H25F2N3O.HI/c1-11(2)7-8-20-16(19-4)21-10-13-9-12(3)5-6-14(13)22-15(17)18;/h5-6,9,11,15H,7-8,10H2,1-4H3,(H2,19,20,21);1H. The monoisotopic (exact) mass is 441 g/mol. The average molecular weight is 441 g/mol. The number of benzene rings is 1. The molecular formula is C16H26F2IN3O. The quantitative estimate of drug-likeness (QED) is 0.383. The number of nitrogens with one attached hydrogen (secondary N) is 2. The highest BCUT2D eigenvalue weighted by atomic mass is 127. The van der Waals surface area contributed by atoms with Crippen molar-refractivity contribution in [1.29, 1.82) is 0 Å². The van der Waals surface area contributed by atoms with Crippen LogP contribution < -0.4 is 15.4 Å². The van der Waals surface area contributed by atoms with Gasteiger partial charge in [-0.05, 0) is 25.3 Å². The highest BCUT2D eigenvalue weighted by Crippen LogP contribution is 2.21. The number of aliphatic imine (C=N–C) groups is 1. The molecule has 0 bridgehead atoms. The molecule has 0 aliphatic carbocycles. The number of nitrogens with zero attached hydrogens (tertiary/aromatic N) is 1. The minimum atomic E-state index is -2.83. The molecule has 0 aliphatic heterocycles. The van der Waals surface area contributed by atoms with Crippen molar-refractivity contribution in [2.24, 2.45) is 10.9 Å². The molecule has 0 heterocycles. The number of rotatable bonds is 7. The highest BCUT2D eigenvalue weighted by Gasteiger charge is 2.10. The summed E-state index contributed by atoms with van der Waals surface area (Å²) < 4.78 is 29.4. The molecule has 132 valence electrons. The van der Waals surface area contributed by atoms with E-state index in [1.54, 1.807) is 19.2 Å². The van der Waals surface area contributed by atoms with E-state index >= 15 is 0 Å². The largest absolute Gasteiger partial charge is 0.434 e. The summed E-state index contributed by atoms with van der Waals surface area (Å²) in [7, 11) is 1.68. The topological polar surface area (TPSA) is 45.7 Å². The summed E-state index contributed by atoms with van der Waals surface area (Å²) in [5, 5.41) is 6.31. The third kappa shape index (κ3) is 8.92. The first-order valence-electron chi connectivity index (χ1n) is 7.41. The van der Waals surface area contributed by atoms with Gasteiger partial charge in [0.15, 0.2) is 5.96 Å². The Morgan fingerprint density at radius 3 is 2.52 bits per heavy atom. The van der Waals surface area contributed by atoms with Gasteiger partial charge in [0.05, 0.1) is 0 Å². The van der Waals surface area contributed by atoms with Crippen LogP contribution in [0.1, 0.15) is 31.4 Å². The highest BCUT2D eigenvalue weighted by molar-refractivity contribution is 14.0. The van der Waals surface area contributed by atoms with Gasteiger partial charge in [-0.1, -0.05) is 31.5 Å². The predicted octanol–water partition coefficient (Wildman–Crippen LogP) is 3.93. The van der Waals surface area contributed by atoms with Crippen LogP contribution in [0.15, 0.2) is 23.2 Å². The SMILES string of the molecule is CN=C(NCCC(C)C)NCc1cc(C)ccc1OC(F)F.I. The molecule has 0 amide bonds. The lowest BCUT2D eigenvalue weighted by atomic mass is 10.1. The molecule has 1 rings (SSSR count). The van der Waals surface area contributed by atoms with Crippen LogP contribution in [0.25, 0.3) is 0 Å². The minimum Gasteiger partial charge on any atom is -0.434 e. The molecule has 0 atom stereocenters. The van der Waals surface area contributed by atoms with E-state index in [1.165, 1.54) is 0 Å². The summed E-state index contributed by atoms with van der Waals surface area (Å²) in [6.07, 6.45) is 1.03. The zero-order valence-corrected chi connectivity index (χ0v) is 16.4. The van der Waals surface area contributed by atoms with Gasteiger partial charge in [0.1, 0.15) is 5.75 Å². The smallest absolute Gasteiger partial charge is 0.387 e. The van der Waals surface area contributed by atoms with Gasteiger partial charge in [-0.25, -0.2) is 0 Å². The minimum absolute atomic E-state index is 0. The van der Waals surface area contributed by atoms with Crippen molar-refractivity contribution < 1.29 is 13.5 Å². The maximum Gasteiger partial charge on any atom is 0.387 e. The fourth-order valence-corrected chi connectivity index (χ4v) is 1.94. The lowest BCUT2D eigenvalue weighted by molar-refractivity contribution is -0.0504. The Bertz CT molecular complexity index is 496. The molecule has 0 unspecified atom stereocenters. The average Bonchev–Trinajstić information content (AvgIpc) is 2.44. The van der Waals surface area contributed by atoms with Gasteiger partial charge in [-0.15, -0.1) is 24.0 Å². The molecule has 0 aliphatic rings. The third-order valence-corrected chi connectivity index (χ3v) is 3.12. The van der Waals surface area contributed by atoms with Crippen LogP contribution in [0, 0.1) is 12.8 Å². The maximum atomic E-state index is 12.4. The van der Waals surface area contributed by atoms with E-state index in [9.17, 15) is 8.78 Å². The second-order valence-electron chi connectivity index (χ2n) is 5.52. The summed E-state index contributed by atoms with van der Waals surface area (Å²) in [4.78, 5) is 4.12. The maximum absolute atomic E-state index is 12.4. The van der Waals surface area contributed by atoms with Crippen LogP contribution in [0.5, 0.6) is 5.75 Å². The van der Waals surface area contributed by atoms with Crippen molar-refractivity contribution in [3.63, 3.8) is 0 Å². The van der Waals surface area contributed by atoms with Gasteiger partial charge >= 0.3 is 6.61 Å². The molecule has 2 N–H and O–H groups in total. The molecule has 7 heteroatoms. The molecule has 1 aromatic carbocycles. The summed E-state index contributed by atoms with van der Waals surface area (Å²) in [5.74, 6) is 1.43. The zero-order valence-electron chi connectivity index (χ0n) is 14.0. The van der Waals surface area contributed by atoms with Crippen molar-refractivity contribution in [3.8, 4) is 5.75 Å². The lowest BCUT2D eigenvalue weighted by Crippen LogP contribution is -2.37. The number of ether oxygens (including phenoxy) is 1. The van der Waals surface area contributed by atoms with Gasteiger partial charge in [0, 0.05) is 25.7 Å². The van der Waals surface area contributed by atoms with Crippen LogP contribution in [-0.2, 0) is 6.54 Å². The number of hydrogen-bond donors (Lipinski definition) is 2. The fraction of sp³-hybridized carbons (Fsp3) is 0.562. The van der Waals surface area contributed by atoms with E-state index in [0.717, 1.165) is 18.5 Å². The Hall–Kier alpha value is -1.12. The fourth-order valence-electron chi connectivity index (χ4n) is 1.94. The summed E-state index contributed by atoms with van der Waals surface area (Å²) in [5.41, 5.74) is 1.66. The van der Waals surface area contributed by atoms with Crippen LogP contribution in [0.3, 0.4) is 0 Å². The Labute approximate surface area is 154 Å². The second kappa shape index (κ2) is 11.4. The molecule has 23 heavy (non-hydrogen) atoms. The van der Waals surface area contributed by atoms with Crippen molar-refractivity contribution in [2.45, 2.75) is 40.3 Å². The molecule has 1 aromatic rings. The molecule has 0 saturated carbocycles. The van der Waals surface area contributed by atoms with E-state index in [2.05, 4.69) is 34.2 Å². The van der Waals surface area contributed by atoms with E-state index in [4.69, 9.17) is 0 Å². The van der Waals surface area contributed by atoms with Crippen molar-refractivity contribution in [3.05, 3.63) is 29.3 Å². The van der Waals surface area contributed by atoms with Gasteiger partial charge in [0.2, 0.25) is 0 Å². The summed E-state index contributed by atoms with van der Waals surface area (Å²) in [6, 6.07) is 5.14. The molecule has 4 nitrogen and oxygen atoms in total. The Kier molecular flexibility index (Phi) is 10.9. The number of alkyl halides is 2. The second-order valence-corrected chi connectivity index (χ2v) is 5.52. The Morgan fingerprint density at radius 2 is 1.96 bits per heavy atom. The van der Waals surface area contributed by atoms with Crippen molar-refractivity contribution >= 4 is 29.9 Å². The summed E-state index contributed by atoms with van der Waals surface area (Å²) in [6.45, 7) is 4.56. The third-order valence-electron chi connectivity index (χ3n) is 3.12. The Morgan fingerprint density at radius 1 is 1.26 bits per heavy atom. The molecule has 0 aromatic heterocycles. The predicted molar refractivity (Wildman–Crippen MR) is 101 cm³/mol. The first-order chi connectivity index (χ1) is 10.4. The first-order valence-corrected chi connectivity index (χ1v) is 7.41. The number of hydrogen-bond acceptors (Lipinski definition) is 2. The number of aryl methyl sites for hydroxylation is 1. The van der Waals surface area contributed by atoms with E-state index < -0.39 is 6.61 Å². The van der Waals surface area contributed by atoms with Crippen LogP contribution in [0.4, 0.5) is 8.78 Å². The van der Waals surface area contributed by atoms with Crippen LogP contribution in [0.2, 0.25) is 0 Å². The normalized spacial score (nSPS) is 11.4. The van der Waals surface area contributed by atoms with Gasteiger partial charge in [-0.3, -0.25) is 4.99 Å². The van der Waals surface area contributed by atoms with E-state index in [1.807, 2.05) is 13.0 Å². The molecular weight excluding hydrogens is 415 g/mol. The van der Waals surface area contributed by atoms with Crippen LogP contribution >= 0.6 is 24.0 Å². The van der Waals surface area contributed by atoms with Crippen LogP contribution in [-0.4, -0.2) is 26.2 Å². The number of guanidine groups is 1. The van der Waals surface area contributed by atoms with Gasteiger partial charge < -0.3 is 15.4 Å². The van der Waals surface area contributed by atoms with Crippen molar-refractivity contribution in [2.75, 3.05) is 13.6 Å². The summed E-state index contributed by atoms with van der Waals surface area (Å²) >= 11 is 0. The zero-order chi connectivity index (χ0) is 16.5. The van der Waals surface area contributed by atoms with Crippen molar-refractivity contribution in [1.82, 2.24) is 10.6 Å². The lowest BCUT2D eigenvalue weighted by Gasteiger charge is -2.15. The molecule has 0 spiro atoms. The Balaban J connectivity index is 0.00000484. The van der Waals surface area contributed by atoms with E-state index in [0.29, 0.717) is 24.0 Å². The van der Waals surface area contributed by atoms with Gasteiger partial charge in [-0.2, -0.15) is 8.78 Å². The molecule has 0 radical (unpaired) electrons. The first kappa shape index (κ1) is 21.9. The van der Waals surface area contributed by atoms with E-state index in [-0.39, 0.29) is 29.7 Å². The molecule has 0 fully saturated rings.